The molecule has 0 radical (unpaired) electrons. The molecule has 0 saturated heterocycles. The molecule has 0 aromatic heterocycles. The number of hydrogen-bond acceptors (Lipinski definition) is 5. The highest BCUT2D eigenvalue weighted by Gasteiger charge is 2.17. The molecule has 0 fully saturated rings. The van der Waals surface area contributed by atoms with Gasteiger partial charge in [-0.1, -0.05) is 0 Å². The van der Waals surface area contributed by atoms with Crippen LogP contribution in [0.5, 0.6) is 5.75 Å². The predicted molar refractivity (Wildman–Crippen MR) is 77.1 cm³/mol. The van der Waals surface area contributed by atoms with Gasteiger partial charge >= 0.3 is 0 Å². The average Bonchev–Trinajstić information content (AvgIpc) is 2.43. The lowest BCUT2D eigenvalue weighted by molar-refractivity contribution is 0.0906. The number of carbonyl (C=O) groups excluding carboxylic acids is 1. The summed E-state index contributed by atoms with van der Waals surface area (Å²) in [5.41, 5.74) is 0.202. The molecule has 5 nitrogen and oxygen atoms in total. The summed E-state index contributed by atoms with van der Waals surface area (Å²) in [6.07, 6.45) is -0.673. The highest BCUT2D eigenvalue weighted by Crippen LogP contribution is 2.12. The second-order valence-electron chi connectivity index (χ2n) is 5.47. The van der Waals surface area contributed by atoms with Crippen molar-refractivity contribution in [2.45, 2.75) is 32.4 Å². The maximum atomic E-state index is 11.1. The van der Waals surface area contributed by atoms with E-state index in [-0.39, 0.29) is 19.0 Å². The van der Waals surface area contributed by atoms with Crippen molar-refractivity contribution in [2.75, 3.05) is 19.8 Å². The zero-order valence-corrected chi connectivity index (χ0v) is 12.2. The second kappa shape index (κ2) is 7.38. The Morgan fingerprint density at radius 2 is 1.95 bits per heavy atom. The number of aliphatic hydroxyl groups is 2. The van der Waals surface area contributed by atoms with Crippen LogP contribution in [0.2, 0.25) is 0 Å². The SMILES string of the molecule is CC(=O)c1ccc(OCC(O)CNC(C)(C)CO)cc1. The third-order valence-electron chi connectivity index (χ3n) is 2.91. The number of benzene rings is 1. The van der Waals surface area contributed by atoms with E-state index < -0.39 is 11.6 Å². The molecular formula is C15H23NO4. The van der Waals surface area contributed by atoms with Crippen LogP contribution >= 0.6 is 0 Å². The van der Waals surface area contributed by atoms with Crippen molar-refractivity contribution in [3.05, 3.63) is 29.8 Å². The Balaban J connectivity index is 2.37. The monoisotopic (exact) mass is 281 g/mol. The van der Waals surface area contributed by atoms with Crippen LogP contribution in [-0.2, 0) is 0 Å². The van der Waals surface area contributed by atoms with Crippen LogP contribution < -0.4 is 10.1 Å². The van der Waals surface area contributed by atoms with Crippen molar-refractivity contribution < 1.29 is 19.7 Å². The van der Waals surface area contributed by atoms with Crippen molar-refractivity contribution in [2.24, 2.45) is 0 Å². The first kappa shape index (κ1) is 16.6. The summed E-state index contributed by atoms with van der Waals surface area (Å²) in [5, 5.41) is 21.9. The van der Waals surface area contributed by atoms with Gasteiger partial charge in [-0.25, -0.2) is 0 Å². The van der Waals surface area contributed by atoms with Crippen molar-refractivity contribution >= 4 is 5.78 Å². The fourth-order valence-corrected chi connectivity index (χ4v) is 1.49. The number of aliphatic hydroxyl groups excluding tert-OH is 2. The number of hydrogen-bond donors (Lipinski definition) is 3. The van der Waals surface area contributed by atoms with E-state index in [2.05, 4.69) is 5.32 Å². The van der Waals surface area contributed by atoms with E-state index in [0.717, 1.165) is 0 Å². The molecule has 1 aromatic carbocycles. The smallest absolute Gasteiger partial charge is 0.159 e. The van der Waals surface area contributed by atoms with E-state index in [9.17, 15) is 9.90 Å². The van der Waals surface area contributed by atoms with Crippen molar-refractivity contribution in [1.82, 2.24) is 5.32 Å². The van der Waals surface area contributed by atoms with Crippen LogP contribution in [0.4, 0.5) is 0 Å². The number of nitrogens with one attached hydrogen (secondary N) is 1. The molecule has 0 aliphatic rings. The number of carbonyl (C=O) groups is 1. The van der Waals surface area contributed by atoms with Crippen LogP contribution in [0.25, 0.3) is 0 Å². The molecule has 1 unspecified atom stereocenters. The molecule has 5 heteroatoms. The van der Waals surface area contributed by atoms with Crippen molar-refractivity contribution in [1.29, 1.82) is 0 Å². The van der Waals surface area contributed by atoms with Gasteiger partial charge < -0.3 is 20.3 Å². The minimum absolute atomic E-state index is 0.00650. The van der Waals surface area contributed by atoms with E-state index in [1.54, 1.807) is 24.3 Å². The van der Waals surface area contributed by atoms with Gasteiger partial charge in [-0.2, -0.15) is 0 Å². The largest absolute Gasteiger partial charge is 0.491 e. The zero-order chi connectivity index (χ0) is 15.2. The van der Waals surface area contributed by atoms with Crippen LogP contribution in [-0.4, -0.2) is 47.4 Å². The van der Waals surface area contributed by atoms with Gasteiger partial charge in [0, 0.05) is 17.6 Å². The molecule has 0 aliphatic heterocycles. The summed E-state index contributed by atoms with van der Waals surface area (Å²) in [6, 6.07) is 6.79. The highest BCUT2D eigenvalue weighted by atomic mass is 16.5. The number of Topliss-reactive ketones (excluding diaryl/α,β-unsaturated/α-hetero) is 1. The first-order chi connectivity index (χ1) is 9.34. The standard InChI is InChI=1S/C15H23NO4/c1-11(18)12-4-6-14(7-5-12)20-9-13(19)8-16-15(2,3)10-17/h4-7,13,16-17,19H,8-10H2,1-3H3. The highest BCUT2D eigenvalue weighted by molar-refractivity contribution is 5.94. The predicted octanol–water partition coefficient (Wildman–Crippen LogP) is 0.989. The van der Waals surface area contributed by atoms with Gasteiger partial charge in [0.2, 0.25) is 0 Å². The number of rotatable bonds is 8. The van der Waals surface area contributed by atoms with E-state index >= 15 is 0 Å². The minimum Gasteiger partial charge on any atom is -0.491 e. The molecule has 3 N–H and O–H groups in total. The average molecular weight is 281 g/mol. The Kier molecular flexibility index (Phi) is 6.13. The molecule has 0 heterocycles. The Labute approximate surface area is 119 Å². The zero-order valence-electron chi connectivity index (χ0n) is 12.2. The Bertz CT molecular complexity index is 428. The van der Waals surface area contributed by atoms with E-state index in [0.29, 0.717) is 17.9 Å². The molecule has 0 saturated carbocycles. The lowest BCUT2D eigenvalue weighted by Crippen LogP contribution is -2.47. The summed E-state index contributed by atoms with van der Waals surface area (Å²) in [6.45, 7) is 5.68. The van der Waals surface area contributed by atoms with Crippen LogP contribution in [0.1, 0.15) is 31.1 Å². The van der Waals surface area contributed by atoms with Crippen LogP contribution in [0, 0.1) is 0 Å². The van der Waals surface area contributed by atoms with Gasteiger partial charge in [-0.3, -0.25) is 4.79 Å². The number of β-amino-alcohol motifs (C(OH)–C–C–N with tert-alkyl or cyclic N) is 1. The second-order valence-corrected chi connectivity index (χ2v) is 5.47. The maximum Gasteiger partial charge on any atom is 0.159 e. The third-order valence-corrected chi connectivity index (χ3v) is 2.91. The molecule has 0 aliphatic carbocycles. The van der Waals surface area contributed by atoms with E-state index in [4.69, 9.17) is 9.84 Å². The maximum absolute atomic E-state index is 11.1. The molecular weight excluding hydrogens is 258 g/mol. The molecule has 0 bridgehead atoms. The van der Waals surface area contributed by atoms with Gasteiger partial charge in [-0.15, -0.1) is 0 Å². The van der Waals surface area contributed by atoms with Gasteiger partial charge in [-0.05, 0) is 45.0 Å². The number of ether oxygens (including phenoxy) is 1. The molecule has 1 aromatic rings. The molecule has 1 rings (SSSR count). The Hall–Kier alpha value is -1.43. The Morgan fingerprint density at radius 1 is 1.35 bits per heavy atom. The minimum atomic E-state index is -0.673. The molecule has 0 spiro atoms. The lowest BCUT2D eigenvalue weighted by Gasteiger charge is -2.25. The first-order valence-electron chi connectivity index (χ1n) is 6.62. The normalized spacial score (nSPS) is 13.1. The summed E-state index contributed by atoms with van der Waals surface area (Å²) in [4.78, 5) is 11.1. The fourth-order valence-electron chi connectivity index (χ4n) is 1.49. The summed E-state index contributed by atoms with van der Waals surface area (Å²) in [5.74, 6) is 0.613. The molecule has 0 amide bonds. The Morgan fingerprint density at radius 3 is 2.45 bits per heavy atom. The lowest BCUT2D eigenvalue weighted by atomic mass is 10.1. The summed E-state index contributed by atoms with van der Waals surface area (Å²) in [7, 11) is 0. The van der Waals surface area contributed by atoms with Crippen LogP contribution in [0.15, 0.2) is 24.3 Å². The van der Waals surface area contributed by atoms with Crippen molar-refractivity contribution in [3.8, 4) is 5.75 Å². The van der Waals surface area contributed by atoms with Crippen LogP contribution in [0.3, 0.4) is 0 Å². The molecule has 1 atom stereocenters. The van der Waals surface area contributed by atoms with Gasteiger partial charge in [0.05, 0.1) is 6.61 Å². The van der Waals surface area contributed by atoms with Gasteiger partial charge in [0.15, 0.2) is 5.78 Å². The fraction of sp³-hybridized carbons (Fsp3) is 0.533. The van der Waals surface area contributed by atoms with Crippen molar-refractivity contribution in [3.63, 3.8) is 0 Å². The topological polar surface area (TPSA) is 78.8 Å². The van der Waals surface area contributed by atoms with E-state index in [1.165, 1.54) is 6.92 Å². The molecule has 112 valence electrons. The first-order valence-corrected chi connectivity index (χ1v) is 6.62. The number of ketones is 1. The quantitative estimate of drug-likeness (QED) is 0.619. The summed E-state index contributed by atoms with van der Waals surface area (Å²) >= 11 is 0. The molecule has 20 heavy (non-hydrogen) atoms. The van der Waals surface area contributed by atoms with Gasteiger partial charge in [0.25, 0.3) is 0 Å². The van der Waals surface area contributed by atoms with E-state index in [1.807, 2.05) is 13.8 Å². The summed E-state index contributed by atoms with van der Waals surface area (Å²) < 4.78 is 5.44. The van der Waals surface area contributed by atoms with Gasteiger partial charge in [0.1, 0.15) is 18.5 Å². The third kappa shape index (κ3) is 5.69.